The van der Waals surface area contributed by atoms with Crippen LogP contribution in [0.2, 0.25) is 0 Å². The van der Waals surface area contributed by atoms with Gasteiger partial charge in [-0.25, -0.2) is 0 Å². The van der Waals surface area contributed by atoms with Gasteiger partial charge < -0.3 is 14.8 Å². The Morgan fingerprint density at radius 3 is 2.43 bits per heavy atom. The monoisotopic (exact) mass is 560 g/mol. The number of hydrogen-bond acceptors (Lipinski definition) is 5. The molecule has 4 rings (SSSR count). The van der Waals surface area contributed by atoms with Gasteiger partial charge in [-0.05, 0) is 85.5 Å². The van der Waals surface area contributed by atoms with Crippen LogP contribution in [0.1, 0.15) is 32.6 Å². The quantitative estimate of drug-likeness (QED) is 0.174. The number of aryl methyl sites for hydroxylation is 2. The number of nitrogens with one attached hydrogen (secondary N) is 1. The van der Waals surface area contributed by atoms with Gasteiger partial charge in [0.15, 0.2) is 0 Å². The molecule has 1 N–H and O–H groups in total. The Balaban J connectivity index is 1.52. The number of hydrogen-bond donors (Lipinski definition) is 1. The largest absolute Gasteiger partial charge is 0.489 e. The lowest BCUT2D eigenvalue weighted by atomic mass is 10.1. The molecule has 0 atom stereocenters. The Labute approximate surface area is 223 Å². The topological polar surface area (TPSA) is 90.7 Å². The van der Waals surface area contributed by atoms with E-state index in [-0.39, 0.29) is 23.7 Å². The van der Waals surface area contributed by atoms with Crippen LogP contribution in [0.25, 0.3) is 0 Å². The summed E-state index contributed by atoms with van der Waals surface area (Å²) in [7, 11) is 0. The van der Waals surface area contributed by atoms with Crippen LogP contribution >= 0.6 is 15.9 Å². The number of carbonyl (C=O) groups excluding carboxylic acids is 1. The molecule has 0 spiro atoms. The number of nitro benzene ring substituents is 1. The predicted octanol–water partition coefficient (Wildman–Crippen LogP) is 7.91. The van der Waals surface area contributed by atoms with Gasteiger partial charge in [0.05, 0.1) is 16.7 Å². The molecule has 0 aliphatic carbocycles. The van der Waals surface area contributed by atoms with Crippen molar-refractivity contribution in [3.63, 3.8) is 0 Å². The maximum absolute atomic E-state index is 13.0. The number of halogens is 1. The fraction of sp³-hybridized carbons (Fsp3) is 0.138. The molecule has 37 heavy (non-hydrogen) atoms. The second kappa shape index (κ2) is 11.3. The molecule has 4 aromatic rings. The number of benzene rings is 4. The van der Waals surface area contributed by atoms with Crippen LogP contribution < -0.4 is 14.8 Å². The molecule has 0 heterocycles. The van der Waals surface area contributed by atoms with Crippen molar-refractivity contribution < 1.29 is 19.2 Å². The van der Waals surface area contributed by atoms with E-state index in [2.05, 4.69) is 21.2 Å². The van der Waals surface area contributed by atoms with Crippen molar-refractivity contribution in [1.82, 2.24) is 0 Å². The van der Waals surface area contributed by atoms with Gasteiger partial charge in [-0.1, -0.05) is 34.1 Å². The Morgan fingerprint density at radius 1 is 0.946 bits per heavy atom. The van der Waals surface area contributed by atoms with Gasteiger partial charge in [-0.2, -0.15) is 0 Å². The number of anilines is 1. The minimum absolute atomic E-state index is 0.188. The van der Waals surface area contributed by atoms with Crippen LogP contribution in [0.15, 0.2) is 83.3 Å². The Bertz CT molecular complexity index is 1470. The third-order valence-corrected chi connectivity index (χ3v) is 6.29. The molecule has 0 unspecified atom stereocenters. The summed E-state index contributed by atoms with van der Waals surface area (Å²) in [6, 6.07) is 22.6. The van der Waals surface area contributed by atoms with Crippen molar-refractivity contribution in [3.05, 3.63) is 121 Å². The summed E-state index contributed by atoms with van der Waals surface area (Å²) in [6.45, 7) is 6.15. The summed E-state index contributed by atoms with van der Waals surface area (Å²) in [6.07, 6.45) is 0. The average molecular weight is 561 g/mol. The second-order valence-corrected chi connectivity index (χ2v) is 9.59. The highest BCUT2D eigenvalue weighted by atomic mass is 79.9. The highest BCUT2D eigenvalue weighted by Gasteiger charge is 2.15. The predicted molar refractivity (Wildman–Crippen MR) is 147 cm³/mol. The highest BCUT2D eigenvalue weighted by Crippen LogP contribution is 2.33. The third kappa shape index (κ3) is 6.74. The first-order valence-electron chi connectivity index (χ1n) is 11.5. The standard InChI is InChI=1S/C29H25BrN2O5/c1-18-11-19(2)20(3)28(12-18)37-27-15-24(14-25(16-27)32(34)35)31-29(33)22-6-4-5-21(13-22)17-36-26-9-7-23(30)8-10-26/h4-16H,17H2,1-3H3,(H,31,33). The van der Waals surface area contributed by atoms with E-state index in [1.165, 1.54) is 12.1 Å². The zero-order valence-electron chi connectivity index (χ0n) is 20.6. The molecule has 1 amide bonds. The number of ether oxygens (including phenoxy) is 2. The van der Waals surface area contributed by atoms with Crippen LogP contribution in [-0.4, -0.2) is 10.8 Å². The first-order chi connectivity index (χ1) is 17.7. The molecule has 0 aromatic heterocycles. The smallest absolute Gasteiger partial charge is 0.275 e. The Hall–Kier alpha value is -4.17. The summed E-state index contributed by atoms with van der Waals surface area (Å²) in [5.74, 6) is 1.17. The first kappa shape index (κ1) is 25.9. The van der Waals surface area contributed by atoms with Crippen molar-refractivity contribution in [1.29, 1.82) is 0 Å². The zero-order chi connectivity index (χ0) is 26.5. The van der Waals surface area contributed by atoms with E-state index in [0.717, 1.165) is 26.7 Å². The van der Waals surface area contributed by atoms with E-state index in [0.29, 0.717) is 17.1 Å². The fourth-order valence-corrected chi connectivity index (χ4v) is 4.02. The zero-order valence-corrected chi connectivity index (χ0v) is 22.2. The van der Waals surface area contributed by atoms with E-state index < -0.39 is 10.8 Å². The molecule has 0 saturated carbocycles. The lowest BCUT2D eigenvalue weighted by Crippen LogP contribution is -2.12. The van der Waals surface area contributed by atoms with Crippen molar-refractivity contribution in [2.24, 2.45) is 0 Å². The summed E-state index contributed by atoms with van der Waals surface area (Å²) >= 11 is 3.39. The van der Waals surface area contributed by atoms with Gasteiger partial charge >= 0.3 is 0 Å². The van der Waals surface area contributed by atoms with E-state index in [4.69, 9.17) is 9.47 Å². The highest BCUT2D eigenvalue weighted by molar-refractivity contribution is 9.10. The molecule has 0 saturated heterocycles. The maximum Gasteiger partial charge on any atom is 0.275 e. The van der Waals surface area contributed by atoms with Gasteiger partial charge in [0, 0.05) is 22.2 Å². The fourth-order valence-electron chi connectivity index (χ4n) is 3.76. The minimum Gasteiger partial charge on any atom is -0.489 e. The summed E-state index contributed by atoms with van der Waals surface area (Å²) in [4.78, 5) is 24.0. The number of non-ortho nitro benzene ring substituents is 1. The van der Waals surface area contributed by atoms with Crippen molar-refractivity contribution in [2.45, 2.75) is 27.4 Å². The Morgan fingerprint density at radius 2 is 1.70 bits per heavy atom. The van der Waals surface area contributed by atoms with E-state index in [1.54, 1.807) is 24.3 Å². The lowest BCUT2D eigenvalue weighted by Gasteiger charge is -2.13. The van der Waals surface area contributed by atoms with Crippen molar-refractivity contribution in [3.8, 4) is 17.2 Å². The van der Waals surface area contributed by atoms with Crippen LogP contribution in [-0.2, 0) is 6.61 Å². The SMILES string of the molecule is Cc1cc(C)c(C)c(Oc2cc(NC(=O)c3cccc(COc4ccc(Br)cc4)c3)cc([N+](=O)[O-])c2)c1. The van der Waals surface area contributed by atoms with Gasteiger partial charge in [0.25, 0.3) is 11.6 Å². The van der Waals surface area contributed by atoms with Gasteiger partial charge in [0.2, 0.25) is 0 Å². The molecule has 0 aliphatic rings. The number of carbonyl (C=O) groups is 1. The molecule has 0 bridgehead atoms. The minimum atomic E-state index is -0.517. The van der Waals surface area contributed by atoms with Crippen LogP contribution in [0.4, 0.5) is 11.4 Å². The molecular weight excluding hydrogens is 536 g/mol. The van der Waals surface area contributed by atoms with E-state index in [1.807, 2.05) is 63.2 Å². The molecule has 188 valence electrons. The molecule has 0 fully saturated rings. The van der Waals surface area contributed by atoms with Crippen molar-refractivity contribution in [2.75, 3.05) is 5.32 Å². The molecule has 0 radical (unpaired) electrons. The number of nitrogens with zero attached hydrogens (tertiary/aromatic N) is 1. The average Bonchev–Trinajstić information content (AvgIpc) is 2.86. The van der Waals surface area contributed by atoms with Crippen LogP contribution in [0, 0.1) is 30.9 Å². The molecular formula is C29H25BrN2O5. The third-order valence-electron chi connectivity index (χ3n) is 5.76. The van der Waals surface area contributed by atoms with Crippen molar-refractivity contribution >= 4 is 33.2 Å². The summed E-state index contributed by atoms with van der Waals surface area (Å²) in [5.41, 5.74) is 4.28. The van der Waals surface area contributed by atoms with Gasteiger partial charge in [-0.3, -0.25) is 14.9 Å². The van der Waals surface area contributed by atoms with E-state index >= 15 is 0 Å². The normalized spacial score (nSPS) is 10.6. The second-order valence-electron chi connectivity index (χ2n) is 8.68. The molecule has 4 aromatic carbocycles. The van der Waals surface area contributed by atoms with Crippen LogP contribution in [0.5, 0.6) is 17.2 Å². The summed E-state index contributed by atoms with van der Waals surface area (Å²) < 4.78 is 12.8. The number of amides is 1. The first-order valence-corrected chi connectivity index (χ1v) is 12.3. The maximum atomic E-state index is 13.0. The number of rotatable bonds is 8. The molecule has 7 nitrogen and oxygen atoms in total. The molecule has 0 aliphatic heterocycles. The van der Waals surface area contributed by atoms with E-state index in [9.17, 15) is 14.9 Å². The van der Waals surface area contributed by atoms with Gasteiger partial charge in [0.1, 0.15) is 23.9 Å². The Kier molecular flexibility index (Phi) is 7.89. The lowest BCUT2D eigenvalue weighted by molar-refractivity contribution is -0.384. The number of nitro groups is 1. The molecule has 8 heteroatoms. The van der Waals surface area contributed by atoms with Gasteiger partial charge in [-0.15, -0.1) is 0 Å². The summed E-state index contributed by atoms with van der Waals surface area (Å²) in [5, 5.41) is 14.3. The van der Waals surface area contributed by atoms with Crippen LogP contribution in [0.3, 0.4) is 0 Å².